The summed E-state index contributed by atoms with van der Waals surface area (Å²) in [6.07, 6.45) is -1.64. The molecule has 0 saturated heterocycles. The molecule has 1 unspecified atom stereocenters. The Bertz CT molecular complexity index is 542. The zero-order valence-electron chi connectivity index (χ0n) is 11.7. The van der Waals surface area contributed by atoms with Crippen molar-refractivity contribution in [1.82, 2.24) is 5.32 Å². The van der Waals surface area contributed by atoms with Crippen molar-refractivity contribution in [3.8, 4) is 5.75 Å². The Kier molecular flexibility index (Phi) is 5.71. The van der Waals surface area contributed by atoms with Gasteiger partial charge < -0.3 is 20.3 Å². The van der Waals surface area contributed by atoms with Gasteiger partial charge in [0.15, 0.2) is 6.10 Å². The van der Waals surface area contributed by atoms with Crippen LogP contribution in [0.15, 0.2) is 24.3 Å². The lowest BCUT2D eigenvalue weighted by atomic mass is 10.2. The number of aliphatic carboxylic acids is 2. The number of hydrogen-bond acceptors (Lipinski definition) is 4. The standard InChI is InChI=1S/C14H17NO6/c1-8-4-3-5-10(6-8)21-9(2)13(18)15-11(14(19)20)7-12(16)17/h3-6,9,11H,7H2,1-2H3,(H,15,18)(H,16,17)(H,19,20)/t9?,11-/m1/s1. The Morgan fingerprint density at radius 1 is 1.29 bits per heavy atom. The van der Waals surface area contributed by atoms with Gasteiger partial charge in [-0.1, -0.05) is 12.1 Å². The van der Waals surface area contributed by atoms with Crippen LogP contribution in [0.1, 0.15) is 18.9 Å². The van der Waals surface area contributed by atoms with E-state index in [1.54, 1.807) is 18.2 Å². The summed E-state index contributed by atoms with van der Waals surface area (Å²) in [6, 6.07) is 5.54. The van der Waals surface area contributed by atoms with E-state index in [1.165, 1.54) is 6.92 Å². The number of carboxylic acid groups (broad SMARTS) is 2. The summed E-state index contributed by atoms with van der Waals surface area (Å²) in [4.78, 5) is 33.3. The van der Waals surface area contributed by atoms with E-state index in [-0.39, 0.29) is 0 Å². The van der Waals surface area contributed by atoms with E-state index >= 15 is 0 Å². The van der Waals surface area contributed by atoms with Crippen LogP contribution in [-0.2, 0) is 14.4 Å². The summed E-state index contributed by atoms with van der Waals surface area (Å²) < 4.78 is 5.39. The molecule has 2 atom stereocenters. The quantitative estimate of drug-likeness (QED) is 0.686. The van der Waals surface area contributed by atoms with Crippen LogP contribution in [-0.4, -0.2) is 40.2 Å². The highest BCUT2D eigenvalue weighted by Crippen LogP contribution is 2.14. The molecule has 21 heavy (non-hydrogen) atoms. The van der Waals surface area contributed by atoms with E-state index in [2.05, 4.69) is 5.32 Å². The lowest BCUT2D eigenvalue weighted by molar-refractivity contribution is -0.147. The van der Waals surface area contributed by atoms with E-state index in [4.69, 9.17) is 14.9 Å². The van der Waals surface area contributed by atoms with Crippen molar-refractivity contribution in [2.45, 2.75) is 32.4 Å². The number of carbonyl (C=O) groups excluding carboxylic acids is 1. The molecule has 0 heterocycles. The maximum atomic E-state index is 11.8. The highest BCUT2D eigenvalue weighted by Gasteiger charge is 2.26. The van der Waals surface area contributed by atoms with Crippen molar-refractivity contribution in [1.29, 1.82) is 0 Å². The minimum atomic E-state index is -1.49. The van der Waals surface area contributed by atoms with Crippen LogP contribution < -0.4 is 10.1 Å². The third-order valence-electron chi connectivity index (χ3n) is 2.66. The Morgan fingerprint density at radius 2 is 1.95 bits per heavy atom. The Balaban J connectivity index is 2.64. The molecular formula is C14H17NO6. The van der Waals surface area contributed by atoms with Crippen LogP contribution in [0.2, 0.25) is 0 Å². The third kappa shape index (κ3) is 5.52. The van der Waals surface area contributed by atoms with E-state index in [0.717, 1.165) is 5.56 Å². The SMILES string of the molecule is Cc1cccc(OC(C)C(=O)N[C@H](CC(=O)O)C(=O)O)c1. The summed E-state index contributed by atoms with van der Waals surface area (Å²) in [6.45, 7) is 3.32. The van der Waals surface area contributed by atoms with Gasteiger partial charge in [-0.3, -0.25) is 9.59 Å². The van der Waals surface area contributed by atoms with Gasteiger partial charge in [0.25, 0.3) is 5.91 Å². The van der Waals surface area contributed by atoms with Crippen molar-refractivity contribution in [2.24, 2.45) is 0 Å². The molecule has 114 valence electrons. The fraction of sp³-hybridized carbons (Fsp3) is 0.357. The molecule has 1 aromatic carbocycles. The topological polar surface area (TPSA) is 113 Å². The number of hydrogen-bond donors (Lipinski definition) is 3. The van der Waals surface area contributed by atoms with Crippen LogP contribution in [0.25, 0.3) is 0 Å². The molecule has 0 aliphatic carbocycles. The molecule has 0 aromatic heterocycles. The molecule has 0 aliphatic heterocycles. The lowest BCUT2D eigenvalue weighted by Gasteiger charge is -2.18. The number of ether oxygens (including phenoxy) is 1. The van der Waals surface area contributed by atoms with Crippen molar-refractivity contribution < 1.29 is 29.3 Å². The molecule has 7 nitrogen and oxygen atoms in total. The van der Waals surface area contributed by atoms with Gasteiger partial charge in [-0.15, -0.1) is 0 Å². The zero-order valence-corrected chi connectivity index (χ0v) is 11.7. The van der Waals surface area contributed by atoms with Crippen LogP contribution >= 0.6 is 0 Å². The fourth-order valence-corrected chi connectivity index (χ4v) is 1.61. The first-order chi connectivity index (χ1) is 9.79. The van der Waals surface area contributed by atoms with Crippen molar-refractivity contribution in [3.63, 3.8) is 0 Å². The number of amides is 1. The summed E-state index contributed by atoms with van der Waals surface area (Å²) in [5, 5.41) is 19.6. The van der Waals surface area contributed by atoms with E-state index < -0.39 is 36.4 Å². The van der Waals surface area contributed by atoms with E-state index in [9.17, 15) is 14.4 Å². The second-order valence-electron chi connectivity index (χ2n) is 4.57. The van der Waals surface area contributed by atoms with E-state index in [0.29, 0.717) is 5.75 Å². The predicted octanol–water partition coefficient (Wildman–Crippen LogP) is 0.806. The highest BCUT2D eigenvalue weighted by atomic mass is 16.5. The zero-order chi connectivity index (χ0) is 16.0. The molecule has 3 N–H and O–H groups in total. The number of carboxylic acids is 2. The second-order valence-corrected chi connectivity index (χ2v) is 4.57. The molecule has 0 bridgehead atoms. The van der Waals surface area contributed by atoms with Gasteiger partial charge in [-0.2, -0.15) is 0 Å². The monoisotopic (exact) mass is 295 g/mol. The summed E-state index contributed by atoms with van der Waals surface area (Å²) in [5.74, 6) is -2.93. The molecule has 1 rings (SSSR count). The van der Waals surface area contributed by atoms with Crippen LogP contribution in [0.4, 0.5) is 0 Å². The van der Waals surface area contributed by atoms with Gasteiger partial charge in [0.05, 0.1) is 6.42 Å². The van der Waals surface area contributed by atoms with Gasteiger partial charge >= 0.3 is 11.9 Å². The molecule has 0 saturated carbocycles. The highest BCUT2D eigenvalue weighted by molar-refractivity contribution is 5.88. The molecule has 0 fully saturated rings. The second kappa shape index (κ2) is 7.28. The minimum Gasteiger partial charge on any atom is -0.481 e. The molecule has 0 spiro atoms. The predicted molar refractivity (Wildman–Crippen MR) is 73.1 cm³/mol. The molecule has 7 heteroatoms. The van der Waals surface area contributed by atoms with E-state index in [1.807, 2.05) is 13.0 Å². The fourth-order valence-electron chi connectivity index (χ4n) is 1.61. The molecule has 0 radical (unpaired) electrons. The number of rotatable bonds is 7. The third-order valence-corrected chi connectivity index (χ3v) is 2.66. The van der Waals surface area contributed by atoms with Crippen LogP contribution in [0, 0.1) is 6.92 Å². The normalized spacial score (nSPS) is 13.0. The maximum absolute atomic E-state index is 11.8. The van der Waals surface area contributed by atoms with Gasteiger partial charge in [0.2, 0.25) is 0 Å². The van der Waals surface area contributed by atoms with Crippen molar-refractivity contribution >= 4 is 17.8 Å². The van der Waals surface area contributed by atoms with Crippen LogP contribution in [0.5, 0.6) is 5.75 Å². The summed E-state index contributed by atoms with van der Waals surface area (Å²) >= 11 is 0. The Morgan fingerprint density at radius 3 is 2.48 bits per heavy atom. The average molecular weight is 295 g/mol. The average Bonchev–Trinajstić information content (AvgIpc) is 2.37. The molecular weight excluding hydrogens is 278 g/mol. The van der Waals surface area contributed by atoms with Gasteiger partial charge in [0.1, 0.15) is 11.8 Å². The number of carbonyl (C=O) groups is 3. The van der Waals surface area contributed by atoms with Gasteiger partial charge in [0, 0.05) is 0 Å². The lowest BCUT2D eigenvalue weighted by Crippen LogP contribution is -2.47. The first-order valence-corrected chi connectivity index (χ1v) is 6.28. The molecule has 0 aliphatic rings. The van der Waals surface area contributed by atoms with Gasteiger partial charge in [-0.05, 0) is 31.5 Å². The Hall–Kier alpha value is -2.57. The van der Waals surface area contributed by atoms with Crippen LogP contribution in [0.3, 0.4) is 0 Å². The van der Waals surface area contributed by atoms with Crippen molar-refractivity contribution in [3.05, 3.63) is 29.8 Å². The molecule has 1 aromatic rings. The molecule has 1 amide bonds. The minimum absolute atomic E-state index is 0.475. The summed E-state index contributed by atoms with van der Waals surface area (Å²) in [7, 11) is 0. The largest absolute Gasteiger partial charge is 0.481 e. The van der Waals surface area contributed by atoms with Gasteiger partial charge in [-0.25, -0.2) is 4.79 Å². The number of nitrogens with one attached hydrogen (secondary N) is 1. The smallest absolute Gasteiger partial charge is 0.326 e. The first kappa shape index (κ1) is 16.5. The Labute approximate surface area is 121 Å². The summed E-state index contributed by atoms with van der Waals surface area (Å²) in [5.41, 5.74) is 0.953. The van der Waals surface area contributed by atoms with Crippen molar-refractivity contribution in [2.75, 3.05) is 0 Å². The number of benzene rings is 1. The number of aryl methyl sites for hydroxylation is 1. The maximum Gasteiger partial charge on any atom is 0.326 e. The first-order valence-electron chi connectivity index (χ1n) is 6.28.